The normalized spacial score (nSPS) is 21.4. The summed E-state index contributed by atoms with van der Waals surface area (Å²) in [4.78, 5) is 58.8. The number of benzene rings is 1. The van der Waals surface area contributed by atoms with Crippen LogP contribution in [0.2, 0.25) is 0 Å². The van der Waals surface area contributed by atoms with Crippen molar-refractivity contribution in [1.82, 2.24) is 9.97 Å². The molecule has 188 valence electrons. The van der Waals surface area contributed by atoms with Crippen LogP contribution in [0.25, 0.3) is 10.2 Å². The summed E-state index contributed by atoms with van der Waals surface area (Å²) in [5, 5.41) is 3.28. The van der Waals surface area contributed by atoms with E-state index in [1.54, 1.807) is 6.92 Å². The van der Waals surface area contributed by atoms with E-state index in [1.165, 1.54) is 0 Å². The molecule has 2 aliphatic carbocycles. The van der Waals surface area contributed by atoms with Crippen LogP contribution in [0.1, 0.15) is 64.3 Å². The number of nitrogens with one attached hydrogen (secondary N) is 2. The van der Waals surface area contributed by atoms with Crippen LogP contribution in [-0.4, -0.2) is 27.6 Å². The lowest BCUT2D eigenvalue weighted by Crippen LogP contribution is -2.39. The van der Waals surface area contributed by atoms with Crippen LogP contribution in [0.15, 0.2) is 23.0 Å². The van der Waals surface area contributed by atoms with Gasteiger partial charge in [-0.15, -0.1) is 11.3 Å². The quantitative estimate of drug-likeness (QED) is 0.487. The van der Waals surface area contributed by atoms with Gasteiger partial charge in [0.1, 0.15) is 23.0 Å². The second-order valence-corrected chi connectivity index (χ2v) is 11.0. The summed E-state index contributed by atoms with van der Waals surface area (Å²) in [5.74, 6) is -0.482. The molecule has 2 fully saturated rings. The Labute approximate surface area is 212 Å². The van der Waals surface area contributed by atoms with Crippen LogP contribution >= 0.6 is 11.3 Å². The summed E-state index contributed by atoms with van der Waals surface area (Å²) in [6.45, 7) is 5.49. The van der Waals surface area contributed by atoms with Gasteiger partial charge in [0.15, 0.2) is 0 Å². The molecule has 0 aliphatic heterocycles. The molecule has 3 aromatic rings. The van der Waals surface area contributed by atoms with E-state index in [-0.39, 0.29) is 47.6 Å². The molecule has 5 rings (SSSR count). The Hall–Kier alpha value is -3.33. The molecule has 0 saturated heterocycles. The number of ether oxygens (including phenoxy) is 1. The van der Waals surface area contributed by atoms with Gasteiger partial charge in [-0.2, -0.15) is 0 Å². The summed E-state index contributed by atoms with van der Waals surface area (Å²) in [5.41, 5.74) is 2.96. The molecule has 2 heterocycles. The third-order valence-electron chi connectivity index (χ3n) is 7.42. The second-order valence-electron chi connectivity index (χ2n) is 10.0. The third-order valence-corrected chi connectivity index (χ3v) is 8.60. The van der Waals surface area contributed by atoms with Crippen molar-refractivity contribution in [2.75, 3.05) is 5.32 Å². The fraction of sp³-hybridized carbons (Fsp3) is 0.444. The molecule has 9 heteroatoms. The number of aromatic nitrogens is 2. The highest BCUT2D eigenvalue weighted by Gasteiger charge is 2.41. The zero-order valence-corrected chi connectivity index (χ0v) is 21.4. The van der Waals surface area contributed by atoms with Gasteiger partial charge in [0.25, 0.3) is 11.5 Å². The number of thiophene rings is 1. The molecule has 2 N–H and O–H groups in total. The molecule has 36 heavy (non-hydrogen) atoms. The second kappa shape index (κ2) is 9.61. The van der Waals surface area contributed by atoms with Gasteiger partial charge < -0.3 is 15.0 Å². The Morgan fingerprint density at radius 1 is 1.14 bits per heavy atom. The van der Waals surface area contributed by atoms with Gasteiger partial charge in [0, 0.05) is 17.5 Å². The minimum absolute atomic E-state index is 0.0355. The van der Waals surface area contributed by atoms with Crippen molar-refractivity contribution in [3.05, 3.63) is 55.9 Å². The van der Waals surface area contributed by atoms with Crippen LogP contribution < -0.4 is 10.9 Å². The average molecular weight is 508 g/mol. The van der Waals surface area contributed by atoms with Crippen molar-refractivity contribution in [3.63, 3.8) is 0 Å². The lowest BCUT2D eigenvalue weighted by Gasteiger charge is -2.36. The van der Waals surface area contributed by atoms with Crippen molar-refractivity contribution in [2.45, 2.75) is 59.5 Å². The van der Waals surface area contributed by atoms with E-state index >= 15 is 0 Å². The number of hydrogen-bond acceptors (Lipinski definition) is 7. The lowest BCUT2D eigenvalue weighted by molar-refractivity contribution is -0.155. The number of rotatable bonds is 5. The molecule has 2 atom stereocenters. The number of fused-ring (bicyclic) bond motifs is 3. The number of nitrogens with zero attached hydrogens (tertiary/aromatic N) is 1. The summed E-state index contributed by atoms with van der Waals surface area (Å²) in [6, 6.07) is 5.78. The Bertz CT molecular complexity index is 1420. The van der Waals surface area contributed by atoms with Crippen LogP contribution in [0, 0.1) is 38.5 Å². The molecule has 2 bridgehead atoms. The molecule has 1 aromatic carbocycles. The maximum Gasteiger partial charge on any atom is 0.309 e. The van der Waals surface area contributed by atoms with Gasteiger partial charge in [-0.1, -0.05) is 24.1 Å². The topological polar surface area (TPSA) is 118 Å². The Morgan fingerprint density at radius 3 is 2.56 bits per heavy atom. The Kier molecular flexibility index (Phi) is 6.51. The number of carbonyl (C=O) groups excluding carboxylic acids is 3. The number of Topliss-reactive ketones (excluding diaryl/α,β-unsaturated/α-hetero) is 1. The number of anilines is 1. The van der Waals surface area contributed by atoms with Crippen molar-refractivity contribution in [2.24, 2.45) is 17.8 Å². The largest absolute Gasteiger partial charge is 0.457 e. The highest BCUT2D eigenvalue weighted by atomic mass is 32.1. The number of ketones is 1. The van der Waals surface area contributed by atoms with Gasteiger partial charge in [-0.3, -0.25) is 19.2 Å². The summed E-state index contributed by atoms with van der Waals surface area (Å²) < 4.78 is 5.50. The van der Waals surface area contributed by atoms with E-state index in [4.69, 9.17) is 4.74 Å². The van der Waals surface area contributed by atoms with E-state index in [0.29, 0.717) is 45.0 Å². The molecule has 0 spiro atoms. The van der Waals surface area contributed by atoms with Crippen molar-refractivity contribution in [1.29, 1.82) is 0 Å². The minimum atomic E-state index is -0.372. The number of amides is 1. The Balaban J connectivity index is 1.31. The van der Waals surface area contributed by atoms with E-state index in [2.05, 4.69) is 15.3 Å². The van der Waals surface area contributed by atoms with Crippen LogP contribution in [0.3, 0.4) is 0 Å². The molecule has 2 aromatic heterocycles. The smallest absolute Gasteiger partial charge is 0.309 e. The first-order valence-electron chi connectivity index (χ1n) is 12.3. The van der Waals surface area contributed by atoms with E-state index in [0.717, 1.165) is 41.7 Å². The number of carbonyl (C=O) groups is 3. The predicted molar refractivity (Wildman–Crippen MR) is 137 cm³/mol. The van der Waals surface area contributed by atoms with Crippen molar-refractivity contribution >= 4 is 44.9 Å². The number of aryl methyl sites for hydroxylation is 3. The standard InChI is InChI=1S/C27H29N3O5S/c1-13-7-8-19(14(2)9-13)28-25(33)23-15(3)21-24(32)29-20(30-26(21)36-23)12-35-27(34)18-10-16-5-4-6-17(11-18)22(16)31/h7-9,16-18H,4-6,10-12H2,1-3H3,(H,28,33)(H,29,30,32). The van der Waals surface area contributed by atoms with E-state index < -0.39 is 0 Å². The third kappa shape index (κ3) is 4.59. The number of esters is 1. The van der Waals surface area contributed by atoms with Crippen LogP contribution in [0.4, 0.5) is 5.69 Å². The summed E-state index contributed by atoms with van der Waals surface area (Å²) in [7, 11) is 0. The molecule has 2 aliphatic rings. The van der Waals surface area contributed by atoms with Gasteiger partial charge in [0.05, 0.1) is 16.2 Å². The van der Waals surface area contributed by atoms with E-state index in [9.17, 15) is 19.2 Å². The zero-order valence-electron chi connectivity index (χ0n) is 20.6. The molecule has 2 unspecified atom stereocenters. The molecule has 2 saturated carbocycles. The predicted octanol–water partition coefficient (Wildman–Crippen LogP) is 4.60. The fourth-order valence-electron chi connectivity index (χ4n) is 5.54. The number of hydrogen-bond donors (Lipinski definition) is 2. The minimum Gasteiger partial charge on any atom is -0.457 e. The molecule has 8 nitrogen and oxygen atoms in total. The van der Waals surface area contributed by atoms with Crippen molar-refractivity contribution in [3.8, 4) is 0 Å². The van der Waals surface area contributed by atoms with Crippen LogP contribution in [0.5, 0.6) is 0 Å². The summed E-state index contributed by atoms with van der Waals surface area (Å²) in [6.07, 6.45) is 3.82. The highest BCUT2D eigenvalue weighted by molar-refractivity contribution is 7.20. The van der Waals surface area contributed by atoms with Crippen LogP contribution in [-0.2, 0) is 20.9 Å². The average Bonchev–Trinajstić information content (AvgIpc) is 3.16. The lowest BCUT2D eigenvalue weighted by atomic mass is 9.67. The van der Waals surface area contributed by atoms with Gasteiger partial charge in [-0.25, -0.2) is 4.98 Å². The SMILES string of the molecule is Cc1ccc(NC(=O)c2sc3nc(COC(=O)C4CC5CCCC(C4)C5=O)[nH]c(=O)c3c2C)c(C)c1. The van der Waals surface area contributed by atoms with Gasteiger partial charge in [-0.05, 0) is 63.6 Å². The van der Waals surface area contributed by atoms with Crippen molar-refractivity contribution < 1.29 is 19.1 Å². The molecule has 1 amide bonds. The van der Waals surface area contributed by atoms with Gasteiger partial charge >= 0.3 is 5.97 Å². The first-order chi connectivity index (χ1) is 17.2. The first kappa shape index (κ1) is 24.4. The first-order valence-corrected chi connectivity index (χ1v) is 13.1. The molecular weight excluding hydrogens is 478 g/mol. The Morgan fingerprint density at radius 2 is 1.86 bits per heavy atom. The molecule has 0 radical (unpaired) electrons. The molecular formula is C27H29N3O5S. The maximum absolute atomic E-state index is 13.0. The number of H-pyrrole nitrogens is 1. The fourth-order valence-corrected chi connectivity index (χ4v) is 6.63. The summed E-state index contributed by atoms with van der Waals surface area (Å²) >= 11 is 1.14. The zero-order chi connectivity index (χ0) is 25.6. The van der Waals surface area contributed by atoms with E-state index in [1.807, 2.05) is 32.0 Å². The monoisotopic (exact) mass is 507 g/mol. The highest BCUT2D eigenvalue weighted by Crippen LogP contribution is 2.40. The van der Waals surface area contributed by atoms with Gasteiger partial charge in [0.2, 0.25) is 0 Å². The maximum atomic E-state index is 13.0. The number of aromatic amines is 1.